The van der Waals surface area contributed by atoms with Gasteiger partial charge in [0.15, 0.2) is 5.78 Å². The van der Waals surface area contributed by atoms with Crippen LogP contribution < -0.4 is 0 Å². The van der Waals surface area contributed by atoms with Crippen molar-refractivity contribution >= 4 is 15.8 Å². The molecule has 3 fully saturated rings. The quantitative estimate of drug-likeness (QED) is 0.553. The van der Waals surface area contributed by atoms with Gasteiger partial charge in [-0.05, 0) is 95.7 Å². The lowest BCUT2D eigenvalue weighted by Crippen LogP contribution is -2.38. The average molecular weight is 462 g/mol. The second kappa shape index (κ2) is 11.2. The van der Waals surface area contributed by atoms with Crippen molar-refractivity contribution in [2.24, 2.45) is 5.92 Å². The van der Waals surface area contributed by atoms with Gasteiger partial charge in [-0.3, -0.25) is 9.69 Å². The van der Waals surface area contributed by atoms with Gasteiger partial charge in [-0.15, -0.1) is 0 Å². The summed E-state index contributed by atoms with van der Waals surface area (Å²) in [6.07, 6.45) is 10.9. The minimum Gasteiger partial charge on any atom is -0.303 e. The molecule has 0 atom stereocenters. The van der Waals surface area contributed by atoms with Gasteiger partial charge in [-0.1, -0.05) is 25.0 Å². The highest BCUT2D eigenvalue weighted by Crippen LogP contribution is 2.24. The standard InChI is InChI=1S/C25H39N3O3S/c29-25(23-8-7-9-24(20-23)32(30,31)28-15-5-6-16-28)21-27-18-11-22(12-19-27)10-17-26-13-3-1-2-4-14-26/h7-9,20,22H,1-6,10-19,21H2. The number of sulfonamides is 1. The summed E-state index contributed by atoms with van der Waals surface area (Å²) in [6.45, 7) is 7.21. The molecule has 0 N–H and O–H groups in total. The van der Waals surface area contributed by atoms with Crippen LogP contribution in [0.15, 0.2) is 29.2 Å². The number of hydrogen-bond acceptors (Lipinski definition) is 5. The number of nitrogens with zero attached hydrogens (tertiary/aromatic N) is 3. The number of carbonyl (C=O) groups is 1. The summed E-state index contributed by atoms with van der Waals surface area (Å²) in [5.41, 5.74) is 0.508. The molecule has 3 aliphatic heterocycles. The molecule has 7 heteroatoms. The van der Waals surface area contributed by atoms with Crippen molar-refractivity contribution < 1.29 is 13.2 Å². The second-order valence-corrected chi connectivity index (χ2v) is 11.8. The van der Waals surface area contributed by atoms with E-state index in [1.54, 1.807) is 24.3 Å². The third-order valence-corrected chi connectivity index (χ3v) is 9.38. The van der Waals surface area contributed by atoms with Crippen molar-refractivity contribution in [3.63, 3.8) is 0 Å². The Morgan fingerprint density at radius 3 is 2.19 bits per heavy atom. The summed E-state index contributed by atoms with van der Waals surface area (Å²) in [4.78, 5) is 18.0. The molecule has 178 valence electrons. The molecule has 1 aromatic carbocycles. The summed E-state index contributed by atoms with van der Waals surface area (Å²) < 4.78 is 27.2. The molecule has 0 spiro atoms. The van der Waals surface area contributed by atoms with Gasteiger partial charge < -0.3 is 4.90 Å². The van der Waals surface area contributed by atoms with Crippen LogP contribution in [-0.4, -0.2) is 80.7 Å². The number of likely N-dealkylation sites (tertiary alicyclic amines) is 2. The topological polar surface area (TPSA) is 60.9 Å². The summed E-state index contributed by atoms with van der Waals surface area (Å²) >= 11 is 0. The fraction of sp³-hybridized carbons (Fsp3) is 0.720. The predicted molar refractivity (Wildman–Crippen MR) is 127 cm³/mol. The maximum absolute atomic E-state index is 12.9. The Bertz CT molecular complexity index is 851. The van der Waals surface area contributed by atoms with E-state index in [0.29, 0.717) is 25.2 Å². The van der Waals surface area contributed by atoms with E-state index in [1.165, 1.54) is 56.0 Å². The molecule has 0 saturated carbocycles. The number of rotatable bonds is 8. The highest BCUT2D eigenvalue weighted by Gasteiger charge is 2.28. The molecular weight excluding hydrogens is 422 g/mol. The van der Waals surface area contributed by atoms with Crippen molar-refractivity contribution in [2.45, 2.75) is 62.7 Å². The first-order valence-corrected chi connectivity index (χ1v) is 14.0. The molecule has 0 aliphatic carbocycles. The van der Waals surface area contributed by atoms with Crippen LogP contribution in [-0.2, 0) is 10.0 Å². The predicted octanol–water partition coefficient (Wildman–Crippen LogP) is 3.63. The van der Waals surface area contributed by atoms with Gasteiger partial charge in [-0.25, -0.2) is 8.42 Å². The Morgan fingerprint density at radius 1 is 0.844 bits per heavy atom. The smallest absolute Gasteiger partial charge is 0.243 e. The van der Waals surface area contributed by atoms with Crippen molar-refractivity contribution in [3.05, 3.63) is 29.8 Å². The Hall–Kier alpha value is -1.28. The lowest BCUT2D eigenvalue weighted by Gasteiger charge is -2.32. The molecular formula is C25H39N3O3S. The monoisotopic (exact) mass is 461 g/mol. The molecule has 3 aliphatic rings. The summed E-state index contributed by atoms with van der Waals surface area (Å²) in [6, 6.07) is 6.63. The van der Waals surface area contributed by atoms with Crippen molar-refractivity contribution in [2.75, 3.05) is 52.4 Å². The van der Waals surface area contributed by atoms with Gasteiger partial charge in [0.25, 0.3) is 0 Å². The number of benzene rings is 1. The lowest BCUT2D eigenvalue weighted by molar-refractivity contribution is 0.0888. The van der Waals surface area contributed by atoms with E-state index in [-0.39, 0.29) is 10.7 Å². The first-order valence-electron chi connectivity index (χ1n) is 12.6. The maximum atomic E-state index is 12.9. The molecule has 4 rings (SSSR count). The third kappa shape index (κ3) is 6.19. The molecule has 0 unspecified atom stereocenters. The highest BCUT2D eigenvalue weighted by atomic mass is 32.2. The average Bonchev–Trinajstić information content (AvgIpc) is 3.24. The van der Waals surface area contributed by atoms with E-state index in [0.717, 1.165) is 44.7 Å². The van der Waals surface area contributed by atoms with Gasteiger partial charge in [-0.2, -0.15) is 4.31 Å². The second-order valence-electron chi connectivity index (χ2n) is 9.83. The largest absolute Gasteiger partial charge is 0.303 e. The summed E-state index contributed by atoms with van der Waals surface area (Å²) in [5.74, 6) is 0.782. The maximum Gasteiger partial charge on any atom is 0.243 e. The molecule has 32 heavy (non-hydrogen) atoms. The molecule has 6 nitrogen and oxygen atoms in total. The molecule has 3 heterocycles. The van der Waals surface area contributed by atoms with Gasteiger partial charge in [0.05, 0.1) is 11.4 Å². The Kier molecular flexibility index (Phi) is 8.38. The van der Waals surface area contributed by atoms with E-state index in [2.05, 4.69) is 9.80 Å². The molecule has 0 amide bonds. The molecule has 0 aromatic heterocycles. The third-order valence-electron chi connectivity index (χ3n) is 7.49. The zero-order chi connectivity index (χ0) is 22.4. The first-order chi connectivity index (χ1) is 15.5. The van der Waals surface area contributed by atoms with Gasteiger partial charge >= 0.3 is 0 Å². The Morgan fingerprint density at radius 2 is 1.50 bits per heavy atom. The van der Waals surface area contributed by atoms with Gasteiger partial charge in [0.2, 0.25) is 10.0 Å². The molecule has 0 bridgehead atoms. The van der Waals surface area contributed by atoms with E-state index < -0.39 is 10.0 Å². The minimum atomic E-state index is -3.49. The van der Waals surface area contributed by atoms with Crippen LogP contribution in [0.1, 0.15) is 68.1 Å². The number of carbonyl (C=O) groups excluding carboxylic acids is 1. The minimum absolute atomic E-state index is 0.0199. The SMILES string of the molecule is O=C(CN1CCC(CCN2CCCCCC2)CC1)c1cccc(S(=O)(=O)N2CCCC2)c1. The first kappa shape index (κ1) is 23.9. The van der Waals surface area contributed by atoms with Crippen LogP contribution in [0.3, 0.4) is 0 Å². The zero-order valence-corrected chi connectivity index (χ0v) is 20.2. The van der Waals surface area contributed by atoms with Crippen LogP contribution in [0.2, 0.25) is 0 Å². The van der Waals surface area contributed by atoms with Crippen LogP contribution >= 0.6 is 0 Å². The number of Topliss-reactive ketones (excluding diaryl/α,β-unsaturated/α-hetero) is 1. The Balaban J connectivity index is 1.25. The zero-order valence-electron chi connectivity index (χ0n) is 19.4. The normalized spacial score (nSPS) is 22.8. The lowest BCUT2D eigenvalue weighted by atomic mass is 9.93. The highest BCUT2D eigenvalue weighted by molar-refractivity contribution is 7.89. The van der Waals surface area contributed by atoms with Crippen LogP contribution in [0.25, 0.3) is 0 Å². The van der Waals surface area contributed by atoms with E-state index >= 15 is 0 Å². The van der Waals surface area contributed by atoms with E-state index in [1.807, 2.05) is 0 Å². The molecule has 1 aromatic rings. The van der Waals surface area contributed by atoms with Crippen LogP contribution in [0.4, 0.5) is 0 Å². The number of ketones is 1. The fourth-order valence-corrected chi connectivity index (χ4v) is 6.92. The van der Waals surface area contributed by atoms with E-state index in [4.69, 9.17) is 0 Å². The summed E-state index contributed by atoms with van der Waals surface area (Å²) in [5, 5.41) is 0. The van der Waals surface area contributed by atoms with Gasteiger partial charge in [0.1, 0.15) is 0 Å². The molecule has 3 saturated heterocycles. The fourth-order valence-electron chi connectivity index (χ4n) is 5.36. The number of piperidine rings is 1. The van der Waals surface area contributed by atoms with E-state index in [9.17, 15) is 13.2 Å². The van der Waals surface area contributed by atoms with Crippen molar-refractivity contribution in [3.8, 4) is 0 Å². The van der Waals surface area contributed by atoms with Crippen LogP contribution in [0.5, 0.6) is 0 Å². The van der Waals surface area contributed by atoms with Gasteiger partial charge in [0, 0.05) is 18.7 Å². The Labute approximate surface area is 194 Å². The molecule has 0 radical (unpaired) electrons. The van der Waals surface area contributed by atoms with Crippen molar-refractivity contribution in [1.29, 1.82) is 0 Å². The summed E-state index contributed by atoms with van der Waals surface area (Å²) in [7, 11) is -3.49. The van der Waals surface area contributed by atoms with Crippen molar-refractivity contribution in [1.82, 2.24) is 14.1 Å². The number of hydrogen-bond donors (Lipinski definition) is 0. The van der Waals surface area contributed by atoms with Crippen LogP contribution in [0, 0.1) is 5.92 Å².